The van der Waals surface area contributed by atoms with Crippen LogP contribution in [0, 0.1) is 11.3 Å². The lowest BCUT2D eigenvalue weighted by Gasteiger charge is -2.36. The summed E-state index contributed by atoms with van der Waals surface area (Å²) in [5, 5.41) is 8.79. The third-order valence-corrected chi connectivity index (χ3v) is 5.06. The normalized spacial score (nSPS) is 18.9. The quantitative estimate of drug-likeness (QED) is 0.660. The maximum absolute atomic E-state index is 12.4. The molecule has 0 unspecified atom stereocenters. The number of nitrogens with zero attached hydrogens (tertiary/aromatic N) is 4. The number of rotatable bonds is 7. The van der Waals surface area contributed by atoms with Gasteiger partial charge in [-0.3, -0.25) is 14.6 Å². The van der Waals surface area contributed by atoms with Crippen molar-refractivity contribution >= 4 is 5.91 Å². The van der Waals surface area contributed by atoms with Crippen molar-refractivity contribution in [2.45, 2.75) is 6.42 Å². The fourth-order valence-electron chi connectivity index (χ4n) is 3.38. The molecule has 0 bridgehead atoms. The summed E-state index contributed by atoms with van der Waals surface area (Å²) >= 11 is 0. The first kappa shape index (κ1) is 19.6. The number of carbonyl (C=O) groups excluding carboxylic acids is 1. The molecule has 0 spiro atoms. The monoisotopic (exact) mass is 372 g/mol. The lowest BCUT2D eigenvalue weighted by atomic mass is 10.2. The molecule has 2 saturated heterocycles. The fourth-order valence-corrected chi connectivity index (χ4v) is 3.38. The van der Waals surface area contributed by atoms with Gasteiger partial charge in [0, 0.05) is 45.8 Å². The number of ether oxygens (including phenoxy) is 2. The van der Waals surface area contributed by atoms with Crippen LogP contribution in [0.5, 0.6) is 5.75 Å². The van der Waals surface area contributed by atoms with Gasteiger partial charge in [-0.1, -0.05) is 0 Å². The van der Waals surface area contributed by atoms with Crippen LogP contribution in [0.2, 0.25) is 0 Å². The topological polar surface area (TPSA) is 69.0 Å². The maximum atomic E-state index is 12.4. The van der Waals surface area contributed by atoms with Crippen molar-refractivity contribution in [2.75, 3.05) is 72.2 Å². The van der Waals surface area contributed by atoms with Gasteiger partial charge in [0.25, 0.3) is 0 Å². The van der Waals surface area contributed by atoms with E-state index in [0.29, 0.717) is 18.7 Å². The van der Waals surface area contributed by atoms with Crippen LogP contribution in [-0.4, -0.2) is 92.8 Å². The van der Waals surface area contributed by atoms with E-state index in [1.54, 1.807) is 12.1 Å². The molecule has 0 N–H and O–H groups in total. The molecule has 1 aromatic carbocycles. The van der Waals surface area contributed by atoms with Crippen molar-refractivity contribution in [3.8, 4) is 11.8 Å². The Balaban J connectivity index is 1.28. The van der Waals surface area contributed by atoms with Crippen molar-refractivity contribution < 1.29 is 14.3 Å². The number of carbonyl (C=O) groups is 1. The minimum absolute atomic E-state index is 0.237. The summed E-state index contributed by atoms with van der Waals surface area (Å²) in [5.74, 6) is 1.04. The highest BCUT2D eigenvalue weighted by atomic mass is 16.5. The minimum atomic E-state index is 0.237. The van der Waals surface area contributed by atoms with E-state index in [9.17, 15) is 4.79 Å². The zero-order valence-corrected chi connectivity index (χ0v) is 15.8. The molecule has 7 heteroatoms. The van der Waals surface area contributed by atoms with Crippen molar-refractivity contribution in [3.63, 3.8) is 0 Å². The highest BCUT2D eigenvalue weighted by Crippen LogP contribution is 2.12. The van der Waals surface area contributed by atoms with Gasteiger partial charge in [-0.15, -0.1) is 0 Å². The van der Waals surface area contributed by atoms with E-state index in [-0.39, 0.29) is 5.91 Å². The number of hydrogen-bond donors (Lipinski definition) is 0. The fraction of sp³-hybridized carbons (Fsp3) is 0.600. The second-order valence-corrected chi connectivity index (χ2v) is 6.95. The molecule has 2 aliphatic rings. The first-order valence-corrected chi connectivity index (χ1v) is 9.68. The van der Waals surface area contributed by atoms with Crippen LogP contribution in [0.4, 0.5) is 0 Å². The van der Waals surface area contributed by atoms with E-state index in [1.165, 1.54) is 0 Å². The van der Waals surface area contributed by atoms with Crippen LogP contribution in [0.3, 0.4) is 0 Å². The molecule has 2 fully saturated rings. The Morgan fingerprint density at radius 1 is 1.04 bits per heavy atom. The van der Waals surface area contributed by atoms with Crippen molar-refractivity contribution in [1.29, 1.82) is 5.26 Å². The second-order valence-electron chi connectivity index (χ2n) is 6.95. The Labute approximate surface area is 161 Å². The standard InChI is InChI=1S/C20H28N4O3/c21-16-18-2-4-19(5-3-18)27-13-1-6-22-7-9-24(10-8-22)20(25)17-23-11-14-26-15-12-23/h2-5H,1,6-15,17H2. The third-order valence-electron chi connectivity index (χ3n) is 5.06. The van der Waals surface area contributed by atoms with Crippen LogP contribution in [0.1, 0.15) is 12.0 Å². The molecular weight excluding hydrogens is 344 g/mol. The summed E-state index contributed by atoms with van der Waals surface area (Å²) in [6.07, 6.45) is 0.946. The van der Waals surface area contributed by atoms with Crippen molar-refractivity contribution in [1.82, 2.24) is 14.7 Å². The van der Waals surface area contributed by atoms with Crippen molar-refractivity contribution in [2.24, 2.45) is 0 Å². The Bertz CT molecular complexity index is 630. The SMILES string of the molecule is N#Cc1ccc(OCCCN2CCN(C(=O)CN3CCOCC3)CC2)cc1. The number of nitriles is 1. The maximum Gasteiger partial charge on any atom is 0.236 e. The third kappa shape index (κ3) is 6.21. The Hall–Kier alpha value is -2.14. The molecule has 0 atom stereocenters. The largest absolute Gasteiger partial charge is 0.494 e. The first-order chi connectivity index (χ1) is 13.2. The molecule has 0 aliphatic carbocycles. The van der Waals surface area contributed by atoms with Crippen LogP contribution in [-0.2, 0) is 9.53 Å². The first-order valence-electron chi connectivity index (χ1n) is 9.68. The van der Waals surface area contributed by atoms with E-state index in [0.717, 1.165) is 71.2 Å². The number of benzene rings is 1. The average Bonchev–Trinajstić information content (AvgIpc) is 2.73. The van der Waals surface area contributed by atoms with E-state index >= 15 is 0 Å². The summed E-state index contributed by atoms with van der Waals surface area (Å²) < 4.78 is 11.1. The smallest absolute Gasteiger partial charge is 0.236 e. The van der Waals surface area contributed by atoms with E-state index in [1.807, 2.05) is 17.0 Å². The zero-order chi connectivity index (χ0) is 18.9. The summed E-state index contributed by atoms with van der Waals surface area (Å²) in [6, 6.07) is 9.29. The molecule has 1 amide bonds. The summed E-state index contributed by atoms with van der Waals surface area (Å²) in [4.78, 5) is 19.0. The molecule has 2 aliphatic heterocycles. The molecule has 3 rings (SSSR count). The van der Waals surface area contributed by atoms with Gasteiger partial charge in [0.05, 0.1) is 38.0 Å². The van der Waals surface area contributed by atoms with Gasteiger partial charge in [0.15, 0.2) is 0 Å². The number of piperazine rings is 1. The molecular formula is C20H28N4O3. The molecule has 7 nitrogen and oxygen atoms in total. The Kier molecular flexibility index (Phi) is 7.45. The van der Waals surface area contributed by atoms with Gasteiger partial charge in [-0.05, 0) is 30.7 Å². The van der Waals surface area contributed by atoms with Gasteiger partial charge in [0.1, 0.15) is 5.75 Å². The molecule has 146 valence electrons. The van der Waals surface area contributed by atoms with Crippen molar-refractivity contribution in [3.05, 3.63) is 29.8 Å². The number of morpholine rings is 1. The lowest BCUT2D eigenvalue weighted by molar-refractivity contribution is -0.135. The Morgan fingerprint density at radius 2 is 1.74 bits per heavy atom. The summed E-state index contributed by atoms with van der Waals surface area (Å²) in [6.45, 7) is 8.76. The van der Waals surface area contributed by atoms with E-state index in [2.05, 4.69) is 15.9 Å². The zero-order valence-electron chi connectivity index (χ0n) is 15.8. The van der Waals surface area contributed by atoms with Crippen LogP contribution >= 0.6 is 0 Å². The second kappa shape index (κ2) is 10.3. The predicted molar refractivity (Wildman–Crippen MR) is 102 cm³/mol. The minimum Gasteiger partial charge on any atom is -0.494 e. The predicted octanol–water partition coefficient (Wildman–Crippen LogP) is 0.804. The van der Waals surface area contributed by atoms with E-state index < -0.39 is 0 Å². The number of amides is 1. The lowest BCUT2D eigenvalue weighted by Crippen LogP contribution is -2.52. The number of hydrogen-bond acceptors (Lipinski definition) is 6. The molecule has 0 radical (unpaired) electrons. The average molecular weight is 372 g/mol. The molecule has 0 aromatic heterocycles. The Morgan fingerprint density at radius 3 is 2.41 bits per heavy atom. The molecule has 0 saturated carbocycles. The highest BCUT2D eigenvalue weighted by Gasteiger charge is 2.23. The van der Waals surface area contributed by atoms with Gasteiger partial charge in [-0.25, -0.2) is 0 Å². The summed E-state index contributed by atoms with van der Waals surface area (Å²) in [7, 11) is 0. The van der Waals surface area contributed by atoms with E-state index in [4.69, 9.17) is 14.7 Å². The van der Waals surface area contributed by atoms with Gasteiger partial charge in [0.2, 0.25) is 5.91 Å². The van der Waals surface area contributed by atoms with Crippen LogP contribution in [0.15, 0.2) is 24.3 Å². The molecule has 2 heterocycles. The molecule has 27 heavy (non-hydrogen) atoms. The summed E-state index contributed by atoms with van der Waals surface area (Å²) in [5.41, 5.74) is 0.642. The van der Waals surface area contributed by atoms with Gasteiger partial charge in [-0.2, -0.15) is 5.26 Å². The highest BCUT2D eigenvalue weighted by molar-refractivity contribution is 5.78. The molecule has 1 aromatic rings. The van der Waals surface area contributed by atoms with Gasteiger partial charge >= 0.3 is 0 Å². The van der Waals surface area contributed by atoms with Gasteiger partial charge < -0.3 is 14.4 Å². The van der Waals surface area contributed by atoms with Crippen LogP contribution < -0.4 is 4.74 Å². The van der Waals surface area contributed by atoms with Crippen LogP contribution in [0.25, 0.3) is 0 Å².